The Labute approximate surface area is 180 Å². The number of hydrogen-bond acceptors (Lipinski definition) is 2. The standard InChI is InChI=1S/C27H44O2/c1-2-3-4-5-6-7-8-9-10-11-12-13-14-15-19-24-27(28)29-25-20-23-26-21-17-16-18-22-26/h9-10,16-18,21-22H,2-8,11-15,19-20,23-25H2,1H3/b10-9-. The molecule has 0 amide bonds. The summed E-state index contributed by atoms with van der Waals surface area (Å²) in [5.74, 6) is -0.0318. The summed E-state index contributed by atoms with van der Waals surface area (Å²) < 4.78 is 5.33. The van der Waals surface area contributed by atoms with E-state index in [0.29, 0.717) is 13.0 Å². The Morgan fingerprint density at radius 2 is 1.34 bits per heavy atom. The van der Waals surface area contributed by atoms with Gasteiger partial charge in [0, 0.05) is 6.42 Å². The third kappa shape index (κ3) is 17.0. The molecule has 164 valence electrons. The fraction of sp³-hybridized carbons (Fsp3) is 0.667. The predicted molar refractivity (Wildman–Crippen MR) is 125 cm³/mol. The second kappa shape index (κ2) is 19.7. The van der Waals surface area contributed by atoms with Crippen LogP contribution in [0.15, 0.2) is 42.5 Å². The maximum Gasteiger partial charge on any atom is 0.305 e. The molecule has 0 unspecified atom stereocenters. The lowest BCUT2D eigenvalue weighted by atomic mass is 10.1. The number of carbonyl (C=O) groups excluding carboxylic acids is 1. The summed E-state index contributed by atoms with van der Waals surface area (Å²) in [6.07, 6.45) is 23.8. The van der Waals surface area contributed by atoms with Crippen molar-refractivity contribution in [1.29, 1.82) is 0 Å². The first kappa shape index (κ1) is 25.5. The van der Waals surface area contributed by atoms with Crippen LogP contribution in [0.3, 0.4) is 0 Å². The number of benzene rings is 1. The molecule has 0 atom stereocenters. The highest BCUT2D eigenvalue weighted by Crippen LogP contribution is 2.10. The van der Waals surface area contributed by atoms with Crippen molar-refractivity contribution >= 4 is 5.97 Å². The summed E-state index contributed by atoms with van der Waals surface area (Å²) in [6.45, 7) is 2.81. The first-order valence-corrected chi connectivity index (χ1v) is 12.2. The highest BCUT2D eigenvalue weighted by Gasteiger charge is 2.02. The molecule has 0 heterocycles. The van der Waals surface area contributed by atoms with Gasteiger partial charge in [-0.25, -0.2) is 0 Å². The number of hydrogen-bond donors (Lipinski definition) is 0. The van der Waals surface area contributed by atoms with Crippen LogP contribution in [0.4, 0.5) is 0 Å². The van der Waals surface area contributed by atoms with Crippen molar-refractivity contribution in [1.82, 2.24) is 0 Å². The normalized spacial score (nSPS) is 11.2. The second-order valence-electron chi connectivity index (χ2n) is 8.14. The van der Waals surface area contributed by atoms with E-state index < -0.39 is 0 Å². The Balaban J connectivity index is 1.79. The summed E-state index contributed by atoms with van der Waals surface area (Å²) in [7, 11) is 0. The van der Waals surface area contributed by atoms with E-state index in [4.69, 9.17) is 4.74 Å². The molecule has 0 spiro atoms. The van der Waals surface area contributed by atoms with Gasteiger partial charge >= 0.3 is 5.97 Å². The Kier molecular flexibility index (Phi) is 17.3. The minimum absolute atomic E-state index is 0.0318. The number of esters is 1. The molecule has 0 radical (unpaired) electrons. The van der Waals surface area contributed by atoms with Crippen molar-refractivity contribution in [3.05, 3.63) is 48.0 Å². The summed E-state index contributed by atoms with van der Waals surface area (Å²) in [5, 5.41) is 0. The zero-order valence-electron chi connectivity index (χ0n) is 18.9. The van der Waals surface area contributed by atoms with Gasteiger partial charge in [0.15, 0.2) is 0 Å². The molecule has 1 aromatic rings. The summed E-state index contributed by atoms with van der Waals surface area (Å²) in [5.41, 5.74) is 1.31. The maximum atomic E-state index is 11.8. The quantitative estimate of drug-likeness (QED) is 0.133. The van der Waals surface area contributed by atoms with Gasteiger partial charge in [-0.05, 0) is 50.5 Å². The van der Waals surface area contributed by atoms with Gasteiger partial charge < -0.3 is 4.74 Å². The van der Waals surface area contributed by atoms with Gasteiger partial charge in [0.05, 0.1) is 6.61 Å². The van der Waals surface area contributed by atoms with Crippen molar-refractivity contribution < 1.29 is 9.53 Å². The van der Waals surface area contributed by atoms with E-state index >= 15 is 0 Å². The number of carbonyl (C=O) groups is 1. The lowest BCUT2D eigenvalue weighted by Crippen LogP contribution is -2.06. The molecule has 0 aromatic heterocycles. The molecule has 0 saturated heterocycles. The molecule has 0 saturated carbocycles. The Morgan fingerprint density at radius 3 is 2.00 bits per heavy atom. The van der Waals surface area contributed by atoms with E-state index in [1.54, 1.807) is 0 Å². The number of aryl methyl sites for hydroxylation is 1. The van der Waals surface area contributed by atoms with Crippen molar-refractivity contribution in [3.8, 4) is 0 Å². The minimum atomic E-state index is -0.0318. The fourth-order valence-corrected chi connectivity index (χ4v) is 3.52. The minimum Gasteiger partial charge on any atom is -0.466 e. The lowest BCUT2D eigenvalue weighted by Gasteiger charge is -2.05. The zero-order chi connectivity index (χ0) is 20.8. The van der Waals surface area contributed by atoms with Crippen LogP contribution in [-0.4, -0.2) is 12.6 Å². The topological polar surface area (TPSA) is 26.3 Å². The number of allylic oxidation sites excluding steroid dienone is 2. The molecule has 0 aliphatic heterocycles. The van der Waals surface area contributed by atoms with Crippen molar-refractivity contribution in [2.75, 3.05) is 6.61 Å². The highest BCUT2D eigenvalue weighted by atomic mass is 16.5. The monoisotopic (exact) mass is 400 g/mol. The summed E-state index contributed by atoms with van der Waals surface area (Å²) in [4.78, 5) is 11.8. The van der Waals surface area contributed by atoms with Crippen LogP contribution in [0, 0.1) is 0 Å². The fourth-order valence-electron chi connectivity index (χ4n) is 3.52. The third-order valence-corrected chi connectivity index (χ3v) is 5.36. The highest BCUT2D eigenvalue weighted by molar-refractivity contribution is 5.69. The van der Waals surface area contributed by atoms with Crippen LogP contribution in [0.5, 0.6) is 0 Å². The lowest BCUT2D eigenvalue weighted by molar-refractivity contribution is -0.143. The average molecular weight is 401 g/mol. The van der Waals surface area contributed by atoms with Crippen LogP contribution in [0.25, 0.3) is 0 Å². The van der Waals surface area contributed by atoms with Crippen LogP contribution in [-0.2, 0) is 16.0 Å². The SMILES string of the molecule is CCCCCCCC/C=C\CCCCCCCC(=O)OCCCc1ccccc1. The van der Waals surface area contributed by atoms with Gasteiger partial charge in [-0.15, -0.1) is 0 Å². The van der Waals surface area contributed by atoms with Crippen LogP contribution >= 0.6 is 0 Å². The van der Waals surface area contributed by atoms with Crippen LogP contribution in [0.1, 0.15) is 109 Å². The molecule has 0 aliphatic rings. The summed E-state index contributed by atoms with van der Waals surface area (Å²) >= 11 is 0. The molecule has 0 bridgehead atoms. The number of ether oxygens (including phenoxy) is 1. The molecule has 0 aliphatic carbocycles. The molecule has 29 heavy (non-hydrogen) atoms. The average Bonchev–Trinajstić information content (AvgIpc) is 2.75. The summed E-state index contributed by atoms with van der Waals surface area (Å²) in [6, 6.07) is 10.4. The third-order valence-electron chi connectivity index (χ3n) is 5.36. The van der Waals surface area contributed by atoms with E-state index in [0.717, 1.165) is 25.7 Å². The van der Waals surface area contributed by atoms with E-state index in [1.807, 2.05) is 18.2 Å². The predicted octanol–water partition coefficient (Wildman–Crippen LogP) is 8.20. The Morgan fingerprint density at radius 1 is 0.759 bits per heavy atom. The van der Waals surface area contributed by atoms with E-state index in [9.17, 15) is 4.79 Å². The smallest absolute Gasteiger partial charge is 0.305 e. The molecule has 1 aromatic carbocycles. The molecule has 1 rings (SSSR count). The molecular formula is C27H44O2. The Hall–Kier alpha value is -1.57. The Bertz CT molecular complexity index is 507. The maximum absolute atomic E-state index is 11.8. The second-order valence-corrected chi connectivity index (χ2v) is 8.14. The van der Waals surface area contributed by atoms with E-state index in [2.05, 4.69) is 31.2 Å². The zero-order valence-corrected chi connectivity index (χ0v) is 18.9. The molecular weight excluding hydrogens is 356 g/mol. The molecule has 0 N–H and O–H groups in total. The first-order valence-electron chi connectivity index (χ1n) is 12.2. The van der Waals surface area contributed by atoms with Crippen molar-refractivity contribution in [2.24, 2.45) is 0 Å². The molecule has 2 nitrogen and oxygen atoms in total. The van der Waals surface area contributed by atoms with Crippen molar-refractivity contribution in [3.63, 3.8) is 0 Å². The van der Waals surface area contributed by atoms with Gasteiger partial charge in [0.1, 0.15) is 0 Å². The molecule has 2 heteroatoms. The number of unbranched alkanes of at least 4 members (excludes halogenated alkanes) is 11. The van der Waals surface area contributed by atoms with Crippen molar-refractivity contribution in [2.45, 2.75) is 110 Å². The largest absolute Gasteiger partial charge is 0.466 e. The van der Waals surface area contributed by atoms with Crippen LogP contribution < -0.4 is 0 Å². The molecule has 0 fully saturated rings. The first-order chi connectivity index (χ1) is 14.3. The van der Waals surface area contributed by atoms with E-state index in [-0.39, 0.29) is 5.97 Å². The van der Waals surface area contributed by atoms with Gasteiger partial charge in [0.25, 0.3) is 0 Å². The van der Waals surface area contributed by atoms with E-state index in [1.165, 1.54) is 76.2 Å². The van der Waals surface area contributed by atoms with Crippen LogP contribution in [0.2, 0.25) is 0 Å². The number of rotatable bonds is 19. The van der Waals surface area contributed by atoms with Gasteiger partial charge in [-0.2, -0.15) is 0 Å². The van der Waals surface area contributed by atoms with Gasteiger partial charge in [-0.1, -0.05) is 101 Å². The van der Waals surface area contributed by atoms with Gasteiger partial charge in [0.2, 0.25) is 0 Å². The van der Waals surface area contributed by atoms with Gasteiger partial charge in [-0.3, -0.25) is 4.79 Å².